The first kappa shape index (κ1) is 53.5. The molecule has 0 aromatic heterocycles. The van der Waals surface area contributed by atoms with E-state index in [1.165, 1.54) is 128 Å². The van der Waals surface area contributed by atoms with Crippen molar-refractivity contribution in [1.29, 1.82) is 0 Å². The molecule has 2 atom stereocenters. The standard InChI is InChI=1S/C45H86NO8P/c1-6-8-10-12-14-16-18-20-22-23-24-26-27-29-31-33-35-37-44(47)51-41-43(42-53-55(49,50)52-40-39-46(3,4)5)54-45(48)38-36-34-32-30-28-25-21-19-17-15-13-11-9-7-2/h24,26,29,31,43H,6-23,25,27-28,30,32-42H2,1-5H3/p+1/b26-24+,31-29+/t43-/m1/s1. The number of carbonyl (C=O) groups is 2. The highest BCUT2D eigenvalue weighted by Crippen LogP contribution is 2.43. The highest BCUT2D eigenvalue weighted by Gasteiger charge is 2.27. The van der Waals surface area contributed by atoms with Gasteiger partial charge < -0.3 is 18.9 Å². The van der Waals surface area contributed by atoms with E-state index >= 15 is 0 Å². The Kier molecular flexibility index (Phi) is 37.0. The molecule has 0 radical (unpaired) electrons. The molecule has 0 amide bonds. The molecule has 1 unspecified atom stereocenters. The Morgan fingerprint density at radius 1 is 0.564 bits per heavy atom. The summed E-state index contributed by atoms with van der Waals surface area (Å²) in [5.41, 5.74) is 0. The number of esters is 2. The van der Waals surface area contributed by atoms with E-state index < -0.39 is 32.5 Å². The Morgan fingerprint density at radius 2 is 1.00 bits per heavy atom. The van der Waals surface area contributed by atoms with Crippen molar-refractivity contribution in [3.63, 3.8) is 0 Å². The number of phosphoric ester groups is 1. The number of allylic oxidation sites excluding steroid dienone is 4. The molecule has 0 aromatic rings. The summed E-state index contributed by atoms with van der Waals surface area (Å²) in [6.45, 7) is 4.39. The van der Waals surface area contributed by atoms with E-state index in [4.69, 9.17) is 18.5 Å². The van der Waals surface area contributed by atoms with E-state index in [0.29, 0.717) is 23.9 Å². The molecule has 0 spiro atoms. The highest BCUT2D eigenvalue weighted by atomic mass is 31.2. The first-order valence-electron chi connectivity index (χ1n) is 22.6. The molecule has 0 saturated heterocycles. The monoisotopic (exact) mass is 801 g/mol. The molecular weight excluding hydrogens is 713 g/mol. The summed E-state index contributed by atoms with van der Waals surface area (Å²) in [6.07, 6.45) is 40.9. The molecule has 0 fully saturated rings. The number of hydrogen-bond acceptors (Lipinski definition) is 7. The summed E-state index contributed by atoms with van der Waals surface area (Å²) in [7, 11) is 1.46. The lowest BCUT2D eigenvalue weighted by Gasteiger charge is -2.24. The van der Waals surface area contributed by atoms with E-state index in [9.17, 15) is 19.0 Å². The maximum atomic E-state index is 12.7. The number of rotatable bonds is 41. The molecule has 0 aliphatic rings. The summed E-state index contributed by atoms with van der Waals surface area (Å²) in [4.78, 5) is 35.3. The highest BCUT2D eigenvalue weighted by molar-refractivity contribution is 7.47. The van der Waals surface area contributed by atoms with Gasteiger partial charge in [0.05, 0.1) is 27.7 Å². The Labute approximate surface area is 339 Å². The minimum atomic E-state index is -4.38. The second kappa shape index (κ2) is 38.0. The summed E-state index contributed by atoms with van der Waals surface area (Å²) in [5, 5.41) is 0. The lowest BCUT2D eigenvalue weighted by Crippen LogP contribution is -2.37. The van der Waals surface area contributed by atoms with Gasteiger partial charge in [0.25, 0.3) is 0 Å². The second-order valence-corrected chi connectivity index (χ2v) is 17.9. The Morgan fingerprint density at radius 3 is 1.49 bits per heavy atom. The number of hydrogen-bond donors (Lipinski definition) is 1. The molecule has 1 N–H and O–H groups in total. The molecule has 0 aliphatic carbocycles. The maximum Gasteiger partial charge on any atom is 0.472 e. The van der Waals surface area contributed by atoms with Crippen LogP contribution in [0.2, 0.25) is 0 Å². The molecule has 10 heteroatoms. The first-order valence-corrected chi connectivity index (χ1v) is 24.1. The maximum absolute atomic E-state index is 12.7. The number of quaternary nitrogens is 1. The van der Waals surface area contributed by atoms with Crippen molar-refractivity contribution in [2.75, 3.05) is 47.5 Å². The Balaban J connectivity index is 4.38. The normalized spacial score (nSPS) is 13.8. The predicted octanol–water partition coefficient (Wildman–Crippen LogP) is 12.7. The van der Waals surface area contributed by atoms with Gasteiger partial charge in [-0.3, -0.25) is 18.6 Å². The lowest BCUT2D eigenvalue weighted by molar-refractivity contribution is -0.870. The number of carbonyl (C=O) groups excluding carboxylic acids is 2. The Bertz CT molecular complexity index is 996. The van der Waals surface area contributed by atoms with Crippen LogP contribution in [0.15, 0.2) is 24.3 Å². The lowest BCUT2D eigenvalue weighted by atomic mass is 10.0. The van der Waals surface area contributed by atoms with Crippen LogP contribution in [-0.4, -0.2) is 74.9 Å². The van der Waals surface area contributed by atoms with Crippen LogP contribution in [0, 0.1) is 0 Å². The van der Waals surface area contributed by atoms with E-state index in [1.807, 2.05) is 21.1 Å². The largest absolute Gasteiger partial charge is 0.472 e. The average Bonchev–Trinajstić information content (AvgIpc) is 3.13. The van der Waals surface area contributed by atoms with Crippen LogP contribution < -0.4 is 0 Å². The number of nitrogens with zero attached hydrogens (tertiary/aromatic N) is 1. The molecule has 0 saturated carbocycles. The van der Waals surface area contributed by atoms with Crippen molar-refractivity contribution >= 4 is 19.8 Å². The van der Waals surface area contributed by atoms with Crippen molar-refractivity contribution in [2.45, 2.75) is 206 Å². The fourth-order valence-corrected chi connectivity index (χ4v) is 6.91. The van der Waals surface area contributed by atoms with Gasteiger partial charge in [0, 0.05) is 12.8 Å². The van der Waals surface area contributed by atoms with Crippen LogP contribution in [-0.2, 0) is 32.7 Å². The van der Waals surface area contributed by atoms with Crippen LogP contribution in [0.3, 0.4) is 0 Å². The third kappa shape index (κ3) is 41.9. The van der Waals surface area contributed by atoms with E-state index in [0.717, 1.165) is 32.1 Å². The average molecular weight is 801 g/mol. The topological polar surface area (TPSA) is 108 Å². The van der Waals surface area contributed by atoms with Gasteiger partial charge in [-0.1, -0.05) is 173 Å². The van der Waals surface area contributed by atoms with Crippen molar-refractivity contribution in [3.05, 3.63) is 24.3 Å². The van der Waals surface area contributed by atoms with Crippen LogP contribution in [0.4, 0.5) is 0 Å². The van der Waals surface area contributed by atoms with Crippen molar-refractivity contribution in [1.82, 2.24) is 0 Å². The van der Waals surface area contributed by atoms with Crippen LogP contribution in [0.5, 0.6) is 0 Å². The van der Waals surface area contributed by atoms with Gasteiger partial charge in [0.15, 0.2) is 6.10 Å². The number of phosphoric acid groups is 1. The molecule has 0 aromatic carbocycles. The number of unbranched alkanes of at least 4 members (excludes halogenated alkanes) is 23. The zero-order valence-corrected chi connectivity index (χ0v) is 37.3. The van der Waals surface area contributed by atoms with E-state index in [-0.39, 0.29) is 26.1 Å². The quantitative estimate of drug-likeness (QED) is 0.0214. The van der Waals surface area contributed by atoms with Gasteiger partial charge in [-0.15, -0.1) is 0 Å². The van der Waals surface area contributed by atoms with Gasteiger partial charge in [-0.2, -0.15) is 0 Å². The minimum Gasteiger partial charge on any atom is -0.462 e. The van der Waals surface area contributed by atoms with E-state index in [1.54, 1.807) is 0 Å². The summed E-state index contributed by atoms with van der Waals surface area (Å²) < 4.78 is 34.3. The fourth-order valence-electron chi connectivity index (χ4n) is 6.17. The van der Waals surface area contributed by atoms with Crippen LogP contribution >= 0.6 is 7.82 Å². The van der Waals surface area contributed by atoms with Crippen molar-refractivity contribution in [3.8, 4) is 0 Å². The van der Waals surface area contributed by atoms with Gasteiger partial charge in [-0.05, 0) is 38.5 Å². The van der Waals surface area contributed by atoms with Gasteiger partial charge in [0.1, 0.15) is 19.8 Å². The molecule has 55 heavy (non-hydrogen) atoms. The van der Waals surface area contributed by atoms with Crippen molar-refractivity contribution < 1.29 is 42.1 Å². The third-order valence-corrected chi connectivity index (χ3v) is 10.7. The number of likely N-dealkylation sites (N-methyl/N-ethyl adjacent to an activating group) is 1. The van der Waals surface area contributed by atoms with Gasteiger partial charge in [0.2, 0.25) is 0 Å². The molecule has 0 heterocycles. The van der Waals surface area contributed by atoms with E-state index in [2.05, 4.69) is 38.2 Å². The Hall–Kier alpha value is -1.51. The zero-order chi connectivity index (χ0) is 40.7. The van der Waals surface area contributed by atoms with Gasteiger partial charge >= 0.3 is 19.8 Å². The fraction of sp³-hybridized carbons (Fsp3) is 0.867. The molecule has 0 bridgehead atoms. The summed E-state index contributed by atoms with van der Waals surface area (Å²) >= 11 is 0. The molecule has 9 nitrogen and oxygen atoms in total. The molecule has 0 rings (SSSR count). The van der Waals surface area contributed by atoms with Crippen LogP contribution in [0.25, 0.3) is 0 Å². The number of ether oxygens (including phenoxy) is 2. The van der Waals surface area contributed by atoms with Crippen molar-refractivity contribution in [2.24, 2.45) is 0 Å². The smallest absolute Gasteiger partial charge is 0.462 e. The summed E-state index contributed by atoms with van der Waals surface area (Å²) in [5.74, 6) is -0.844. The zero-order valence-electron chi connectivity index (χ0n) is 36.4. The third-order valence-electron chi connectivity index (χ3n) is 9.73. The first-order chi connectivity index (χ1) is 26.5. The molecule has 0 aliphatic heterocycles. The molecular formula is C45H87NO8P+. The second-order valence-electron chi connectivity index (χ2n) is 16.4. The summed E-state index contributed by atoms with van der Waals surface area (Å²) in [6, 6.07) is 0. The minimum absolute atomic E-state index is 0.0277. The molecule has 324 valence electrons. The van der Waals surface area contributed by atoms with Gasteiger partial charge in [-0.25, -0.2) is 4.57 Å². The predicted molar refractivity (Wildman–Crippen MR) is 229 cm³/mol. The SMILES string of the molecule is CCCCCCCCCCC/C=C/C/C=C/CCCC(=O)OC[C@H](COP(=O)(O)OCC[N+](C)(C)C)OC(=O)CCCCCCCCCCCCCCCC. The van der Waals surface area contributed by atoms with Crippen LogP contribution in [0.1, 0.15) is 200 Å².